The number of anilines is 1. The van der Waals surface area contributed by atoms with E-state index in [2.05, 4.69) is 5.32 Å². The van der Waals surface area contributed by atoms with Crippen molar-refractivity contribution in [2.24, 2.45) is 0 Å². The molecule has 0 bridgehead atoms. The topological polar surface area (TPSA) is 69.7 Å². The van der Waals surface area contributed by atoms with Crippen LogP contribution >= 0.6 is 0 Å². The first kappa shape index (κ1) is 23.2. The van der Waals surface area contributed by atoms with Gasteiger partial charge in [0.1, 0.15) is 0 Å². The zero-order valence-corrected chi connectivity index (χ0v) is 19.8. The maximum Gasteiger partial charge on any atom is 0.243 e. The number of benzene rings is 3. The van der Waals surface area contributed by atoms with Gasteiger partial charge in [-0.3, -0.25) is 9.69 Å². The van der Waals surface area contributed by atoms with E-state index in [0.29, 0.717) is 31.1 Å². The molecule has 0 spiro atoms. The molecule has 1 atom stereocenters. The number of sulfonamides is 1. The average Bonchev–Trinajstić information content (AvgIpc) is 2.85. The second-order valence-electron chi connectivity index (χ2n) is 8.33. The zero-order valence-electron chi connectivity index (χ0n) is 18.9. The van der Waals surface area contributed by atoms with Crippen molar-refractivity contribution >= 4 is 21.6 Å². The third-order valence-corrected chi connectivity index (χ3v) is 8.04. The van der Waals surface area contributed by atoms with E-state index < -0.39 is 10.0 Å². The highest BCUT2D eigenvalue weighted by molar-refractivity contribution is 7.89. The van der Waals surface area contributed by atoms with Gasteiger partial charge in [0.15, 0.2) is 0 Å². The van der Waals surface area contributed by atoms with E-state index in [4.69, 9.17) is 0 Å². The van der Waals surface area contributed by atoms with Crippen LogP contribution in [0.1, 0.15) is 12.5 Å². The predicted octanol–water partition coefficient (Wildman–Crippen LogP) is 4.00. The van der Waals surface area contributed by atoms with Crippen LogP contribution in [0.15, 0.2) is 83.8 Å². The number of nitrogens with one attached hydrogen (secondary N) is 1. The first-order chi connectivity index (χ1) is 15.9. The molecule has 1 fully saturated rings. The molecule has 3 aromatic carbocycles. The minimum atomic E-state index is -3.53. The van der Waals surface area contributed by atoms with Crippen LogP contribution in [0.25, 0.3) is 11.1 Å². The lowest BCUT2D eigenvalue weighted by atomic mass is 10.0. The summed E-state index contributed by atoms with van der Waals surface area (Å²) in [7, 11) is -3.53. The minimum Gasteiger partial charge on any atom is -0.324 e. The Labute approximate surface area is 195 Å². The standard InChI is InChI=1S/C26H29N3O3S/c1-20-12-14-23(15-13-20)33(31,32)29-18-16-28(17-19-29)21(2)26(30)27-25-11-7-6-10-24(25)22-8-4-3-5-9-22/h3-15,21H,16-19H2,1-2H3,(H,27,30)/t21-/m1/s1. The summed E-state index contributed by atoms with van der Waals surface area (Å²) >= 11 is 0. The highest BCUT2D eigenvalue weighted by atomic mass is 32.2. The van der Waals surface area contributed by atoms with Crippen LogP contribution in [0, 0.1) is 6.92 Å². The van der Waals surface area contributed by atoms with E-state index in [9.17, 15) is 13.2 Å². The van der Waals surface area contributed by atoms with E-state index >= 15 is 0 Å². The maximum absolute atomic E-state index is 13.0. The molecule has 172 valence electrons. The Bertz CT molecular complexity index is 1200. The van der Waals surface area contributed by atoms with Crippen LogP contribution < -0.4 is 5.32 Å². The first-order valence-electron chi connectivity index (χ1n) is 11.1. The summed E-state index contributed by atoms with van der Waals surface area (Å²) in [5.41, 5.74) is 3.79. The predicted molar refractivity (Wildman–Crippen MR) is 131 cm³/mol. The number of rotatable bonds is 6. The van der Waals surface area contributed by atoms with Crippen molar-refractivity contribution in [1.82, 2.24) is 9.21 Å². The van der Waals surface area contributed by atoms with Gasteiger partial charge in [0.2, 0.25) is 15.9 Å². The van der Waals surface area contributed by atoms with Gasteiger partial charge in [-0.15, -0.1) is 0 Å². The summed E-state index contributed by atoms with van der Waals surface area (Å²) in [6.45, 7) is 5.51. The molecule has 7 heteroatoms. The molecule has 1 aliphatic rings. The molecule has 33 heavy (non-hydrogen) atoms. The molecule has 0 aliphatic carbocycles. The maximum atomic E-state index is 13.0. The molecule has 0 saturated carbocycles. The van der Waals surface area contributed by atoms with Crippen molar-refractivity contribution in [2.45, 2.75) is 24.8 Å². The van der Waals surface area contributed by atoms with Gasteiger partial charge < -0.3 is 5.32 Å². The van der Waals surface area contributed by atoms with Crippen molar-refractivity contribution in [2.75, 3.05) is 31.5 Å². The lowest BCUT2D eigenvalue weighted by Gasteiger charge is -2.36. The summed E-state index contributed by atoms with van der Waals surface area (Å²) in [5.74, 6) is -0.103. The van der Waals surface area contributed by atoms with E-state index in [1.54, 1.807) is 12.1 Å². The molecule has 1 aliphatic heterocycles. The lowest BCUT2D eigenvalue weighted by Crippen LogP contribution is -2.53. The summed E-state index contributed by atoms with van der Waals surface area (Å²) in [5, 5.41) is 3.07. The molecule has 0 unspecified atom stereocenters. The lowest BCUT2D eigenvalue weighted by molar-refractivity contribution is -0.121. The van der Waals surface area contributed by atoms with Gasteiger partial charge in [0, 0.05) is 37.4 Å². The Hall–Kier alpha value is -3.00. The summed E-state index contributed by atoms with van der Waals surface area (Å²) in [4.78, 5) is 15.4. The minimum absolute atomic E-state index is 0.103. The van der Waals surface area contributed by atoms with Gasteiger partial charge in [0.05, 0.1) is 10.9 Å². The Balaban J connectivity index is 1.40. The number of carbonyl (C=O) groups is 1. The number of carbonyl (C=O) groups excluding carboxylic acids is 1. The molecule has 1 saturated heterocycles. The molecule has 0 radical (unpaired) electrons. The fraction of sp³-hybridized carbons (Fsp3) is 0.269. The number of hydrogen-bond donors (Lipinski definition) is 1. The van der Waals surface area contributed by atoms with E-state index in [0.717, 1.165) is 22.4 Å². The molecular formula is C26H29N3O3S. The van der Waals surface area contributed by atoms with Crippen molar-refractivity contribution in [1.29, 1.82) is 0 Å². The van der Waals surface area contributed by atoms with Crippen LogP contribution in [0.5, 0.6) is 0 Å². The van der Waals surface area contributed by atoms with Crippen LogP contribution in [-0.4, -0.2) is 55.8 Å². The van der Waals surface area contributed by atoms with Crippen molar-refractivity contribution in [3.8, 4) is 11.1 Å². The second-order valence-corrected chi connectivity index (χ2v) is 10.3. The number of piperazine rings is 1. The van der Waals surface area contributed by atoms with Gasteiger partial charge in [0.25, 0.3) is 0 Å². The zero-order chi connectivity index (χ0) is 23.4. The van der Waals surface area contributed by atoms with E-state index in [1.165, 1.54) is 4.31 Å². The fourth-order valence-electron chi connectivity index (χ4n) is 4.06. The largest absolute Gasteiger partial charge is 0.324 e. The van der Waals surface area contributed by atoms with Gasteiger partial charge in [-0.1, -0.05) is 66.2 Å². The molecule has 0 aromatic heterocycles. The third kappa shape index (κ3) is 5.16. The molecule has 6 nitrogen and oxygen atoms in total. The summed E-state index contributed by atoms with van der Waals surface area (Å²) < 4.78 is 27.4. The Morgan fingerprint density at radius 2 is 1.45 bits per heavy atom. The van der Waals surface area contributed by atoms with Gasteiger partial charge in [-0.25, -0.2) is 8.42 Å². The second kappa shape index (κ2) is 9.87. The van der Waals surface area contributed by atoms with E-state index in [-0.39, 0.29) is 11.9 Å². The highest BCUT2D eigenvalue weighted by Crippen LogP contribution is 2.28. The third-order valence-electron chi connectivity index (χ3n) is 6.13. The number of hydrogen-bond acceptors (Lipinski definition) is 4. The molecule has 1 amide bonds. The normalized spacial score (nSPS) is 16.3. The van der Waals surface area contributed by atoms with Crippen LogP contribution in [0.2, 0.25) is 0 Å². The molecule has 1 heterocycles. The van der Waals surface area contributed by atoms with Crippen molar-refractivity contribution in [3.05, 3.63) is 84.4 Å². The van der Waals surface area contributed by atoms with E-state index in [1.807, 2.05) is 85.5 Å². The quantitative estimate of drug-likeness (QED) is 0.600. The van der Waals surface area contributed by atoms with Crippen molar-refractivity contribution < 1.29 is 13.2 Å². The molecule has 1 N–H and O–H groups in total. The Kier molecular flexibility index (Phi) is 6.93. The van der Waals surface area contributed by atoms with Gasteiger partial charge in [-0.2, -0.15) is 4.31 Å². The Morgan fingerprint density at radius 1 is 0.848 bits per heavy atom. The van der Waals surface area contributed by atoms with Gasteiger partial charge in [-0.05, 0) is 37.6 Å². The fourth-order valence-corrected chi connectivity index (χ4v) is 5.48. The first-order valence-corrected chi connectivity index (χ1v) is 12.6. The molecule has 4 rings (SSSR count). The Morgan fingerprint density at radius 3 is 2.12 bits per heavy atom. The number of para-hydroxylation sites is 1. The SMILES string of the molecule is Cc1ccc(S(=O)(=O)N2CCN([C@H](C)C(=O)Nc3ccccc3-c3ccccc3)CC2)cc1. The smallest absolute Gasteiger partial charge is 0.243 e. The van der Waals surface area contributed by atoms with Gasteiger partial charge >= 0.3 is 0 Å². The average molecular weight is 464 g/mol. The number of aryl methyl sites for hydroxylation is 1. The van der Waals surface area contributed by atoms with Crippen molar-refractivity contribution in [3.63, 3.8) is 0 Å². The molecule has 3 aromatic rings. The van der Waals surface area contributed by atoms with Crippen LogP contribution in [-0.2, 0) is 14.8 Å². The summed E-state index contributed by atoms with van der Waals surface area (Å²) in [6, 6.07) is 24.2. The van der Waals surface area contributed by atoms with Crippen LogP contribution in [0.3, 0.4) is 0 Å². The van der Waals surface area contributed by atoms with Crippen LogP contribution in [0.4, 0.5) is 5.69 Å². The highest BCUT2D eigenvalue weighted by Gasteiger charge is 2.32. The number of nitrogens with zero attached hydrogens (tertiary/aromatic N) is 2. The molecular weight excluding hydrogens is 434 g/mol. The summed E-state index contributed by atoms with van der Waals surface area (Å²) in [6.07, 6.45) is 0. The number of amides is 1. The monoisotopic (exact) mass is 463 g/mol.